The van der Waals surface area contributed by atoms with E-state index in [4.69, 9.17) is 5.73 Å². The molecular formula is C13H17F3N2O. The maximum atomic E-state index is 13.0. The molecule has 0 radical (unpaired) electrons. The SMILES string of the molecule is CCCN(C=O)Cc1ccc(CN)cc1C(F)(F)F. The first kappa shape index (κ1) is 15.5. The highest BCUT2D eigenvalue weighted by Gasteiger charge is 2.33. The molecule has 0 aromatic heterocycles. The summed E-state index contributed by atoms with van der Waals surface area (Å²) in [5.41, 5.74) is 5.14. The highest BCUT2D eigenvalue weighted by molar-refractivity contribution is 5.48. The van der Waals surface area contributed by atoms with Crippen LogP contribution in [0.25, 0.3) is 0 Å². The third-order valence-corrected chi connectivity index (χ3v) is 2.75. The number of rotatable bonds is 6. The molecule has 1 rings (SSSR count). The lowest BCUT2D eigenvalue weighted by Gasteiger charge is -2.20. The quantitative estimate of drug-likeness (QED) is 0.810. The molecule has 0 aliphatic carbocycles. The Morgan fingerprint density at radius 1 is 1.37 bits per heavy atom. The first-order valence-electron chi connectivity index (χ1n) is 6.00. The number of alkyl halides is 3. The maximum absolute atomic E-state index is 13.0. The smallest absolute Gasteiger partial charge is 0.341 e. The Kier molecular flexibility index (Phi) is 5.35. The van der Waals surface area contributed by atoms with E-state index >= 15 is 0 Å². The Morgan fingerprint density at radius 2 is 2.05 bits per heavy atom. The molecule has 0 bridgehead atoms. The largest absolute Gasteiger partial charge is 0.416 e. The standard InChI is InChI=1S/C13H17F3N2O/c1-2-5-18(9-19)8-11-4-3-10(7-17)6-12(11)13(14,15)16/h3-4,6,9H,2,5,7-8,17H2,1H3. The van der Waals surface area contributed by atoms with Crippen molar-refractivity contribution in [3.8, 4) is 0 Å². The molecule has 0 atom stereocenters. The lowest BCUT2D eigenvalue weighted by Crippen LogP contribution is -2.24. The zero-order valence-electron chi connectivity index (χ0n) is 10.7. The van der Waals surface area contributed by atoms with E-state index < -0.39 is 11.7 Å². The van der Waals surface area contributed by atoms with Crippen molar-refractivity contribution in [2.45, 2.75) is 32.6 Å². The van der Waals surface area contributed by atoms with E-state index in [1.54, 1.807) is 6.07 Å². The predicted octanol–water partition coefficient (Wildman–Crippen LogP) is 2.53. The molecule has 0 heterocycles. The Hall–Kier alpha value is -1.56. The van der Waals surface area contributed by atoms with Crippen molar-refractivity contribution in [1.29, 1.82) is 0 Å². The van der Waals surface area contributed by atoms with Gasteiger partial charge in [0.25, 0.3) is 0 Å². The van der Waals surface area contributed by atoms with Gasteiger partial charge in [-0.25, -0.2) is 0 Å². The zero-order chi connectivity index (χ0) is 14.5. The molecule has 1 aromatic carbocycles. The van der Waals surface area contributed by atoms with Gasteiger partial charge >= 0.3 is 6.18 Å². The lowest BCUT2D eigenvalue weighted by molar-refractivity contribution is -0.139. The number of halogens is 3. The number of nitrogens with two attached hydrogens (primary N) is 1. The van der Waals surface area contributed by atoms with Crippen LogP contribution in [0.3, 0.4) is 0 Å². The Labute approximate surface area is 110 Å². The first-order chi connectivity index (χ1) is 8.92. The van der Waals surface area contributed by atoms with Gasteiger partial charge in [-0.1, -0.05) is 19.1 Å². The summed E-state index contributed by atoms with van der Waals surface area (Å²) in [5, 5.41) is 0. The van der Waals surface area contributed by atoms with E-state index in [1.807, 2.05) is 6.92 Å². The Morgan fingerprint density at radius 3 is 2.53 bits per heavy atom. The van der Waals surface area contributed by atoms with E-state index in [-0.39, 0.29) is 18.7 Å². The molecule has 0 saturated heterocycles. The van der Waals surface area contributed by atoms with Crippen LogP contribution in [0.15, 0.2) is 18.2 Å². The number of hydrogen-bond acceptors (Lipinski definition) is 2. The Balaban J connectivity index is 3.08. The van der Waals surface area contributed by atoms with Gasteiger partial charge in [0.1, 0.15) is 0 Å². The minimum Gasteiger partial charge on any atom is -0.341 e. The molecule has 2 N–H and O–H groups in total. The third-order valence-electron chi connectivity index (χ3n) is 2.75. The summed E-state index contributed by atoms with van der Waals surface area (Å²) in [4.78, 5) is 12.1. The van der Waals surface area contributed by atoms with Gasteiger partial charge in [-0.15, -0.1) is 0 Å². The Bertz CT molecular complexity index is 432. The van der Waals surface area contributed by atoms with Gasteiger partial charge in [-0.3, -0.25) is 4.79 Å². The average molecular weight is 274 g/mol. The second-order valence-corrected chi connectivity index (χ2v) is 4.27. The van der Waals surface area contributed by atoms with Gasteiger partial charge in [-0.05, 0) is 23.6 Å². The van der Waals surface area contributed by atoms with Crippen molar-refractivity contribution in [2.24, 2.45) is 5.73 Å². The van der Waals surface area contributed by atoms with E-state index in [2.05, 4.69) is 0 Å². The molecule has 0 unspecified atom stereocenters. The van der Waals surface area contributed by atoms with Crippen LogP contribution in [0.1, 0.15) is 30.0 Å². The van der Waals surface area contributed by atoms with Crippen molar-refractivity contribution in [3.05, 3.63) is 34.9 Å². The number of nitrogens with zero attached hydrogens (tertiary/aromatic N) is 1. The zero-order valence-corrected chi connectivity index (χ0v) is 10.7. The average Bonchev–Trinajstić information content (AvgIpc) is 2.37. The van der Waals surface area contributed by atoms with Gasteiger partial charge in [-0.2, -0.15) is 13.2 Å². The summed E-state index contributed by atoms with van der Waals surface area (Å²) in [6.07, 6.45) is -3.18. The highest BCUT2D eigenvalue weighted by atomic mass is 19.4. The summed E-state index contributed by atoms with van der Waals surface area (Å²) < 4.78 is 38.9. The fourth-order valence-electron chi connectivity index (χ4n) is 1.83. The molecule has 1 amide bonds. The number of carbonyl (C=O) groups excluding carboxylic acids is 1. The molecule has 19 heavy (non-hydrogen) atoms. The van der Waals surface area contributed by atoms with Crippen molar-refractivity contribution in [3.63, 3.8) is 0 Å². The summed E-state index contributed by atoms with van der Waals surface area (Å²) >= 11 is 0. The molecule has 1 aromatic rings. The van der Waals surface area contributed by atoms with Crippen LogP contribution in [-0.2, 0) is 24.1 Å². The number of hydrogen-bond donors (Lipinski definition) is 1. The van der Waals surface area contributed by atoms with E-state index in [0.29, 0.717) is 24.9 Å². The topological polar surface area (TPSA) is 46.3 Å². The lowest BCUT2D eigenvalue weighted by atomic mass is 10.0. The highest BCUT2D eigenvalue weighted by Crippen LogP contribution is 2.33. The first-order valence-corrected chi connectivity index (χ1v) is 6.00. The molecule has 0 aliphatic heterocycles. The van der Waals surface area contributed by atoms with Crippen LogP contribution in [0.2, 0.25) is 0 Å². The molecular weight excluding hydrogens is 257 g/mol. The van der Waals surface area contributed by atoms with Gasteiger partial charge < -0.3 is 10.6 Å². The second-order valence-electron chi connectivity index (χ2n) is 4.27. The van der Waals surface area contributed by atoms with E-state index in [9.17, 15) is 18.0 Å². The maximum Gasteiger partial charge on any atom is 0.416 e. The van der Waals surface area contributed by atoms with Crippen LogP contribution < -0.4 is 5.73 Å². The van der Waals surface area contributed by atoms with Gasteiger partial charge in [0.05, 0.1) is 5.56 Å². The van der Waals surface area contributed by atoms with Crippen LogP contribution >= 0.6 is 0 Å². The number of benzene rings is 1. The van der Waals surface area contributed by atoms with Crippen molar-refractivity contribution in [1.82, 2.24) is 4.90 Å². The third kappa shape index (κ3) is 4.24. The molecule has 0 aliphatic rings. The van der Waals surface area contributed by atoms with Gasteiger partial charge in [0, 0.05) is 19.6 Å². The molecule has 6 heteroatoms. The molecule has 0 saturated carbocycles. The molecule has 0 spiro atoms. The summed E-state index contributed by atoms with van der Waals surface area (Å²) in [7, 11) is 0. The minimum absolute atomic E-state index is 0.0446. The van der Waals surface area contributed by atoms with Crippen LogP contribution in [0.5, 0.6) is 0 Å². The van der Waals surface area contributed by atoms with E-state index in [1.165, 1.54) is 11.0 Å². The predicted molar refractivity (Wildman–Crippen MR) is 66.1 cm³/mol. The van der Waals surface area contributed by atoms with Crippen molar-refractivity contribution < 1.29 is 18.0 Å². The van der Waals surface area contributed by atoms with Crippen molar-refractivity contribution in [2.75, 3.05) is 6.54 Å². The normalized spacial score (nSPS) is 11.4. The second kappa shape index (κ2) is 6.56. The number of carbonyl (C=O) groups is 1. The monoisotopic (exact) mass is 274 g/mol. The van der Waals surface area contributed by atoms with Crippen LogP contribution in [-0.4, -0.2) is 17.9 Å². The molecule has 0 fully saturated rings. The summed E-state index contributed by atoms with van der Waals surface area (Å²) in [5.74, 6) is 0. The van der Waals surface area contributed by atoms with Gasteiger partial charge in [0.15, 0.2) is 0 Å². The van der Waals surface area contributed by atoms with Crippen LogP contribution in [0.4, 0.5) is 13.2 Å². The van der Waals surface area contributed by atoms with Crippen LogP contribution in [0, 0.1) is 0 Å². The van der Waals surface area contributed by atoms with Crippen molar-refractivity contribution >= 4 is 6.41 Å². The van der Waals surface area contributed by atoms with E-state index in [0.717, 1.165) is 6.07 Å². The number of amides is 1. The van der Waals surface area contributed by atoms with Gasteiger partial charge in [0.2, 0.25) is 6.41 Å². The molecule has 3 nitrogen and oxygen atoms in total. The molecule has 106 valence electrons. The minimum atomic E-state index is -4.44. The fourth-order valence-corrected chi connectivity index (χ4v) is 1.83. The summed E-state index contributed by atoms with van der Waals surface area (Å²) in [6.45, 7) is 2.30. The fraction of sp³-hybridized carbons (Fsp3) is 0.462. The summed E-state index contributed by atoms with van der Waals surface area (Å²) in [6, 6.07) is 3.99.